The second-order valence-electron chi connectivity index (χ2n) is 4.76. The van der Waals surface area contributed by atoms with E-state index >= 15 is 0 Å². The maximum atomic E-state index is 6.10. The lowest BCUT2D eigenvalue weighted by Gasteiger charge is -2.17. The molecule has 0 spiro atoms. The molecule has 0 aromatic heterocycles. The molecule has 0 bridgehead atoms. The summed E-state index contributed by atoms with van der Waals surface area (Å²) in [5.41, 5.74) is 8.47. The third-order valence-electron chi connectivity index (χ3n) is 3.14. The highest BCUT2D eigenvalue weighted by molar-refractivity contribution is 6.30. The van der Waals surface area contributed by atoms with Crippen molar-refractivity contribution in [2.45, 2.75) is 32.7 Å². The van der Waals surface area contributed by atoms with Gasteiger partial charge >= 0.3 is 0 Å². The Labute approximate surface area is 102 Å². The van der Waals surface area contributed by atoms with Crippen LogP contribution in [0.15, 0.2) is 12.1 Å². The minimum Gasteiger partial charge on any atom is -0.493 e. The monoisotopic (exact) mass is 239 g/mol. The van der Waals surface area contributed by atoms with Crippen molar-refractivity contribution in [1.82, 2.24) is 0 Å². The molecule has 0 aliphatic carbocycles. The summed E-state index contributed by atoms with van der Waals surface area (Å²) in [7, 11) is 0. The second kappa shape index (κ2) is 4.64. The molecule has 1 aromatic rings. The molecule has 2 N–H and O–H groups in total. The van der Waals surface area contributed by atoms with Crippen LogP contribution in [0.5, 0.6) is 5.75 Å². The molecule has 1 aliphatic rings. The van der Waals surface area contributed by atoms with E-state index in [9.17, 15) is 0 Å². The molecule has 1 unspecified atom stereocenters. The molecule has 0 saturated heterocycles. The molecule has 1 heterocycles. The van der Waals surface area contributed by atoms with Crippen LogP contribution in [0.25, 0.3) is 0 Å². The van der Waals surface area contributed by atoms with Gasteiger partial charge in [-0.3, -0.25) is 0 Å². The fourth-order valence-electron chi connectivity index (χ4n) is 1.99. The summed E-state index contributed by atoms with van der Waals surface area (Å²) in [5, 5.41) is 0.787. The van der Waals surface area contributed by atoms with Gasteiger partial charge in [-0.25, -0.2) is 0 Å². The van der Waals surface area contributed by atoms with E-state index in [-0.39, 0.29) is 6.04 Å². The van der Waals surface area contributed by atoms with Crippen LogP contribution in [0.4, 0.5) is 0 Å². The molecule has 2 rings (SSSR count). The lowest BCUT2D eigenvalue weighted by atomic mass is 9.95. The molecule has 0 radical (unpaired) electrons. The lowest BCUT2D eigenvalue weighted by molar-refractivity contribution is 0.351. The largest absolute Gasteiger partial charge is 0.493 e. The average molecular weight is 240 g/mol. The first-order valence-corrected chi connectivity index (χ1v) is 6.15. The first kappa shape index (κ1) is 11.7. The maximum absolute atomic E-state index is 6.10. The Kier molecular flexibility index (Phi) is 3.41. The maximum Gasteiger partial charge on any atom is 0.125 e. The number of halogens is 1. The molecule has 0 fully saturated rings. The van der Waals surface area contributed by atoms with Crippen molar-refractivity contribution in [3.05, 3.63) is 28.3 Å². The molecule has 1 aliphatic heterocycles. The van der Waals surface area contributed by atoms with Crippen LogP contribution < -0.4 is 10.5 Å². The Bertz CT molecular complexity index is 390. The Morgan fingerprint density at radius 3 is 2.88 bits per heavy atom. The molecule has 0 amide bonds. The van der Waals surface area contributed by atoms with Gasteiger partial charge in [0.1, 0.15) is 5.75 Å². The average Bonchev–Trinajstić information content (AvgIpc) is 2.65. The zero-order valence-corrected chi connectivity index (χ0v) is 10.6. The van der Waals surface area contributed by atoms with Crippen molar-refractivity contribution in [2.24, 2.45) is 11.7 Å². The van der Waals surface area contributed by atoms with Gasteiger partial charge in [-0.2, -0.15) is 0 Å². The molecule has 1 atom stereocenters. The number of ether oxygens (including phenoxy) is 1. The summed E-state index contributed by atoms with van der Waals surface area (Å²) < 4.78 is 5.65. The molecule has 88 valence electrons. The predicted molar refractivity (Wildman–Crippen MR) is 67.2 cm³/mol. The van der Waals surface area contributed by atoms with Crippen LogP contribution in [0.2, 0.25) is 5.02 Å². The lowest BCUT2D eigenvalue weighted by Crippen LogP contribution is -2.28. The number of hydrogen-bond donors (Lipinski definition) is 1. The first-order valence-electron chi connectivity index (χ1n) is 5.77. The Morgan fingerprint density at radius 1 is 1.44 bits per heavy atom. The number of hydrogen-bond acceptors (Lipinski definition) is 2. The van der Waals surface area contributed by atoms with Crippen molar-refractivity contribution in [3.63, 3.8) is 0 Å². The van der Waals surface area contributed by atoms with E-state index in [1.54, 1.807) is 0 Å². The third-order valence-corrected chi connectivity index (χ3v) is 3.36. The van der Waals surface area contributed by atoms with E-state index in [0.29, 0.717) is 5.92 Å². The summed E-state index contributed by atoms with van der Waals surface area (Å²) in [5.74, 6) is 1.48. The van der Waals surface area contributed by atoms with Crippen molar-refractivity contribution in [2.75, 3.05) is 6.61 Å². The number of nitrogens with two attached hydrogens (primary N) is 1. The summed E-state index contributed by atoms with van der Waals surface area (Å²) in [4.78, 5) is 0. The van der Waals surface area contributed by atoms with Gasteiger partial charge in [-0.05, 0) is 35.6 Å². The van der Waals surface area contributed by atoms with Crippen LogP contribution in [0, 0.1) is 5.92 Å². The number of benzene rings is 1. The molecule has 0 saturated carbocycles. The van der Waals surface area contributed by atoms with Crippen LogP contribution in [0.1, 0.15) is 25.0 Å². The van der Waals surface area contributed by atoms with Gasteiger partial charge in [0.25, 0.3) is 0 Å². The van der Waals surface area contributed by atoms with Crippen LogP contribution in [0.3, 0.4) is 0 Å². The van der Waals surface area contributed by atoms with E-state index in [1.165, 1.54) is 5.56 Å². The number of fused-ring (bicyclic) bond motifs is 1. The Balaban J connectivity index is 2.27. The van der Waals surface area contributed by atoms with Gasteiger partial charge in [0, 0.05) is 17.5 Å². The normalized spacial score (nSPS) is 16.1. The van der Waals surface area contributed by atoms with Gasteiger partial charge in [-0.1, -0.05) is 25.4 Å². The SMILES string of the molecule is CC(C)C(N)Cc1cc(Cl)cc2c1OCC2. The van der Waals surface area contributed by atoms with Gasteiger partial charge in [0.15, 0.2) is 0 Å². The van der Waals surface area contributed by atoms with Crippen molar-refractivity contribution >= 4 is 11.6 Å². The summed E-state index contributed by atoms with van der Waals surface area (Å²) >= 11 is 6.10. The molecule has 2 nitrogen and oxygen atoms in total. The number of rotatable bonds is 3. The third kappa shape index (κ3) is 2.33. The van der Waals surface area contributed by atoms with Gasteiger partial charge in [0.05, 0.1) is 6.61 Å². The topological polar surface area (TPSA) is 35.2 Å². The Morgan fingerprint density at radius 2 is 2.19 bits per heavy atom. The van der Waals surface area contributed by atoms with E-state index in [0.717, 1.165) is 35.8 Å². The quantitative estimate of drug-likeness (QED) is 0.881. The minimum absolute atomic E-state index is 0.159. The zero-order valence-electron chi connectivity index (χ0n) is 9.79. The van der Waals surface area contributed by atoms with E-state index in [4.69, 9.17) is 22.1 Å². The van der Waals surface area contributed by atoms with E-state index in [2.05, 4.69) is 13.8 Å². The van der Waals surface area contributed by atoms with Crippen molar-refractivity contribution < 1.29 is 4.74 Å². The predicted octanol–water partition coefficient (Wildman–Crippen LogP) is 2.80. The standard InChI is InChI=1S/C13H18ClNO/c1-8(2)12(15)7-10-6-11(14)5-9-3-4-16-13(9)10/h5-6,8,12H,3-4,7,15H2,1-2H3. The molecular formula is C13H18ClNO. The van der Waals surface area contributed by atoms with Gasteiger partial charge in [-0.15, -0.1) is 0 Å². The Hall–Kier alpha value is -0.730. The van der Waals surface area contributed by atoms with Crippen molar-refractivity contribution in [3.8, 4) is 5.75 Å². The summed E-state index contributed by atoms with van der Waals surface area (Å²) in [6.07, 6.45) is 1.79. The van der Waals surface area contributed by atoms with E-state index in [1.807, 2.05) is 12.1 Å². The molecule has 16 heavy (non-hydrogen) atoms. The summed E-state index contributed by atoms with van der Waals surface area (Å²) in [6, 6.07) is 4.13. The highest BCUT2D eigenvalue weighted by atomic mass is 35.5. The van der Waals surface area contributed by atoms with Crippen LogP contribution in [-0.2, 0) is 12.8 Å². The van der Waals surface area contributed by atoms with Crippen molar-refractivity contribution in [1.29, 1.82) is 0 Å². The highest BCUT2D eigenvalue weighted by Crippen LogP contribution is 2.33. The van der Waals surface area contributed by atoms with Crippen LogP contribution >= 0.6 is 11.6 Å². The van der Waals surface area contributed by atoms with Gasteiger partial charge in [0.2, 0.25) is 0 Å². The zero-order chi connectivity index (χ0) is 11.7. The van der Waals surface area contributed by atoms with Gasteiger partial charge < -0.3 is 10.5 Å². The second-order valence-corrected chi connectivity index (χ2v) is 5.20. The molecular weight excluding hydrogens is 222 g/mol. The highest BCUT2D eigenvalue weighted by Gasteiger charge is 2.19. The fraction of sp³-hybridized carbons (Fsp3) is 0.538. The molecule has 1 aromatic carbocycles. The molecule has 3 heteroatoms. The van der Waals surface area contributed by atoms with E-state index < -0.39 is 0 Å². The summed E-state index contributed by atoms with van der Waals surface area (Å²) in [6.45, 7) is 5.03. The smallest absolute Gasteiger partial charge is 0.125 e. The van der Waals surface area contributed by atoms with Crippen LogP contribution in [-0.4, -0.2) is 12.6 Å². The fourth-order valence-corrected chi connectivity index (χ4v) is 2.25. The minimum atomic E-state index is 0.159. The first-order chi connectivity index (χ1) is 7.58.